The van der Waals surface area contributed by atoms with Gasteiger partial charge in [0.1, 0.15) is 0 Å². The minimum atomic E-state index is 0.0688. The van der Waals surface area contributed by atoms with Crippen molar-refractivity contribution in [1.82, 2.24) is 19.3 Å². The van der Waals surface area contributed by atoms with Crippen molar-refractivity contribution in [3.05, 3.63) is 94.8 Å². The summed E-state index contributed by atoms with van der Waals surface area (Å²) in [5.41, 5.74) is 3.74. The Morgan fingerprint density at radius 2 is 1.59 bits per heavy atom. The van der Waals surface area contributed by atoms with Gasteiger partial charge in [0.15, 0.2) is 0 Å². The second-order valence-corrected chi connectivity index (χ2v) is 9.13. The number of aromatic nitrogens is 1. The Balaban J connectivity index is 1.24. The maximum Gasteiger partial charge on any atom is 0.236 e. The molecule has 5 nitrogen and oxygen atoms in total. The topological polar surface area (TPSA) is 31.7 Å². The van der Waals surface area contributed by atoms with Crippen LogP contribution in [0.2, 0.25) is 5.02 Å². The van der Waals surface area contributed by atoms with Crippen LogP contribution in [0.3, 0.4) is 0 Å². The van der Waals surface area contributed by atoms with Crippen LogP contribution < -0.4 is 0 Å². The van der Waals surface area contributed by atoms with E-state index >= 15 is 0 Å². The van der Waals surface area contributed by atoms with Crippen LogP contribution in [0, 0.1) is 0 Å². The molecule has 32 heavy (non-hydrogen) atoms. The smallest absolute Gasteiger partial charge is 0.236 e. The molecule has 1 amide bonds. The minimum absolute atomic E-state index is 0.0688. The van der Waals surface area contributed by atoms with Crippen molar-refractivity contribution in [2.45, 2.75) is 19.1 Å². The summed E-state index contributed by atoms with van der Waals surface area (Å²) in [6.07, 6.45) is 2.13. The van der Waals surface area contributed by atoms with Gasteiger partial charge in [0.25, 0.3) is 0 Å². The van der Waals surface area contributed by atoms with E-state index in [9.17, 15) is 4.79 Å². The van der Waals surface area contributed by atoms with Gasteiger partial charge >= 0.3 is 0 Å². The molecule has 2 aliphatic rings. The lowest BCUT2D eigenvalue weighted by atomic mass is 10.00. The molecule has 2 aromatic carbocycles. The first-order valence-electron chi connectivity index (χ1n) is 11.4. The fraction of sp³-hybridized carbons (Fsp3) is 0.346. The monoisotopic (exact) mass is 448 g/mol. The summed E-state index contributed by atoms with van der Waals surface area (Å²) in [5.74, 6) is 0.225. The van der Waals surface area contributed by atoms with E-state index in [4.69, 9.17) is 11.6 Å². The molecular weight excluding hydrogens is 420 g/mol. The Labute approximate surface area is 194 Å². The highest BCUT2D eigenvalue weighted by atomic mass is 35.5. The van der Waals surface area contributed by atoms with E-state index in [1.54, 1.807) is 0 Å². The number of hydrogen-bond acceptors (Lipinski definition) is 3. The molecule has 1 saturated heterocycles. The third kappa shape index (κ3) is 4.60. The van der Waals surface area contributed by atoms with E-state index < -0.39 is 0 Å². The summed E-state index contributed by atoms with van der Waals surface area (Å²) in [6.45, 7) is 6.58. The second kappa shape index (κ2) is 9.49. The van der Waals surface area contributed by atoms with Crippen molar-refractivity contribution < 1.29 is 4.79 Å². The van der Waals surface area contributed by atoms with E-state index in [2.05, 4.69) is 75.2 Å². The number of nitrogens with zero attached hydrogens (tertiary/aromatic N) is 4. The molecule has 1 atom stereocenters. The van der Waals surface area contributed by atoms with Crippen LogP contribution in [0.1, 0.15) is 22.9 Å². The second-order valence-electron chi connectivity index (χ2n) is 8.69. The van der Waals surface area contributed by atoms with Crippen LogP contribution in [0.4, 0.5) is 0 Å². The first kappa shape index (κ1) is 21.3. The standard InChI is InChI=1S/C26H29ClN4O/c27-23-10-8-22(9-11-23)26-24-7-4-12-29(24)17-18-31(26)20-25(32)30-15-13-28(14-16-30)19-21-5-2-1-3-6-21/h1-12,26H,13-20H2. The van der Waals surface area contributed by atoms with Crippen LogP contribution in [0.25, 0.3) is 0 Å². The Hall–Kier alpha value is -2.60. The van der Waals surface area contributed by atoms with Crippen LogP contribution in [0.15, 0.2) is 72.9 Å². The van der Waals surface area contributed by atoms with E-state index in [0.29, 0.717) is 6.54 Å². The fourth-order valence-electron chi connectivity index (χ4n) is 4.90. The Morgan fingerprint density at radius 3 is 2.34 bits per heavy atom. The van der Waals surface area contributed by atoms with Crippen LogP contribution in [0.5, 0.6) is 0 Å². The molecule has 1 unspecified atom stereocenters. The lowest BCUT2D eigenvalue weighted by Crippen LogP contribution is -2.52. The Morgan fingerprint density at radius 1 is 0.844 bits per heavy atom. The van der Waals surface area contributed by atoms with E-state index in [-0.39, 0.29) is 11.9 Å². The van der Waals surface area contributed by atoms with Gasteiger partial charge in [0, 0.05) is 62.7 Å². The number of benzene rings is 2. The van der Waals surface area contributed by atoms with Crippen molar-refractivity contribution in [3.63, 3.8) is 0 Å². The summed E-state index contributed by atoms with van der Waals surface area (Å²) in [7, 11) is 0. The zero-order valence-corrected chi connectivity index (χ0v) is 19.0. The minimum Gasteiger partial charge on any atom is -0.348 e. The molecule has 0 spiro atoms. The highest BCUT2D eigenvalue weighted by Gasteiger charge is 2.32. The average Bonchev–Trinajstić information content (AvgIpc) is 3.30. The van der Waals surface area contributed by atoms with E-state index in [1.165, 1.54) is 16.8 Å². The Bertz CT molecular complexity index is 1040. The number of halogens is 1. The molecule has 166 valence electrons. The van der Waals surface area contributed by atoms with E-state index in [1.807, 2.05) is 17.0 Å². The van der Waals surface area contributed by atoms with Crippen molar-refractivity contribution in [3.8, 4) is 0 Å². The zero-order chi connectivity index (χ0) is 21.9. The molecule has 3 aromatic rings. The predicted octanol–water partition coefficient (Wildman–Crippen LogP) is 3.89. The lowest BCUT2D eigenvalue weighted by molar-refractivity contribution is -0.134. The number of carbonyl (C=O) groups excluding carboxylic acids is 1. The molecular formula is C26H29ClN4O. The van der Waals surface area contributed by atoms with Gasteiger partial charge in [-0.1, -0.05) is 54.1 Å². The molecule has 0 bridgehead atoms. The highest BCUT2D eigenvalue weighted by Crippen LogP contribution is 2.33. The molecule has 0 aliphatic carbocycles. The average molecular weight is 449 g/mol. The summed E-state index contributed by atoms with van der Waals surface area (Å²) in [6, 6.07) is 22.9. The van der Waals surface area contributed by atoms with Crippen LogP contribution in [-0.2, 0) is 17.9 Å². The van der Waals surface area contributed by atoms with Crippen molar-refractivity contribution >= 4 is 17.5 Å². The quantitative estimate of drug-likeness (QED) is 0.593. The van der Waals surface area contributed by atoms with Gasteiger partial charge < -0.3 is 9.47 Å². The first-order chi connectivity index (χ1) is 15.7. The number of fused-ring (bicyclic) bond motifs is 1. The third-order valence-corrected chi connectivity index (χ3v) is 6.89. The Kier molecular flexibility index (Phi) is 6.30. The molecule has 0 saturated carbocycles. The summed E-state index contributed by atoms with van der Waals surface area (Å²) < 4.78 is 2.29. The van der Waals surface area contributed by atoms with Gasteiger partial charge in [-0.3, -0.25) is 14.6 Å². The molecule has 5 rings (SSSR count). The van der Waals surface area contributed by atoms with Crippen LogP contribution >= 0.6 is 11.6 Å². The van der Waals surface area contributed by atoms with Crippen molar-refractivity contribution in [2.24, 2.45) is 0 Å². The number of amides is 1. The maximum atomic E-state index is 13.3. The molecule has 3 heterocycles. The van der Waals surface area contributed by atoms with Crippen molar-refractivity contribution in [1.29, 1.82) is 0 Å². The van der Waals surface area contributed by atoms with Gasteiger partial charge in [-0.2, -0.15) is 0 Å². The number of piperazine rings is 1. The number of carbonyl (C=O) groups is 1. The normalized spacial score (nSPS) is 19.7. The van der Waals surface area contributed by atoms with Gasteiger partial charge in [0.05, 0.1) is 12.6 Å². The summed E-state index contributed by atoms with van der Waals surface area (Å²) in [5, 5.41) is 0.732. The fourth-order valence-corrected chi connectivity index (χ4v) is 5.03. The summed E-state index contributed by atoms with van der Waals surface area (Å²) in [4.78, 5) is 20.0. The molecule has 1 fully saturated rings. The molecule has 6 heteroatoms. The maximum absolute atomic E-state index is 13.3. The largest absolute Gasteiger partial charge is 0.348 e. The molecule has 1 aromatic heterocycles. The van der Waals surface area contributed by atoms with E-state index in [0.717, 1.165) is 50.8 Å². The van der Waals surface area contributed by atoms with Gasteiger partial charge in [0.2, 0.25) is 5.91 Å². The lowest BCUT2D eigenvalue weighted by Gasteiger charge is -2.39. The van der Waals surface area contributed by atoms with Crippen LogP contribution in [-0.4, -0.2) is 64.4 Å². The van der Waals surface area contributed by atoms with Gasteiger partial charge in [-0.15, -0.1) is 0 Å². The zero-order valence-electron chi connectivity index (χ0n) is 18.2. The molecule has 0 radical (unpaired) electrons. The van der Waals surface area contributed by atoms with Gasteiger partial charge in [-0.05, 0) is 35.4 Å². The summed E-state index contributed by atoms with van der Waals surface area (Å²) >= 11 is 6.13. The molecule has 2 aliphatic heterocycles. The van der Waals surface area contributed by atoms with Crippen molar-refractivity contribution in [2.75, 3.05) is 39.3 Å². The van der Waals surface area contributed by atoms with Gasteiger partial charge in [-0.25, -0.2) is 0 Å². The highest BCUT2D eigenvalue weighted by molar-refractivity contribution is 6.30. The SMILES string of the molecule is O=C(CN1CCn2cccc2C1c1ccc(Cl)cc1)N1CCN(Cc2ccccc2)CC1. The predicted molar refractivity (Wildman–Crippen MR) is 128 cm³/mol. The third-order valence-electron chi connectivity index (χ3n) is 6.64. The number of hydrogen-bond donors (Lipinski definition) is 0. The molecule has 0 N–H and O–H groups in total. The number of rotatable bonds is 5. The first-order valence-corrected chi connectivity index (χ1v) is 11.7.